The number of pyridine rings is 1. The average molecular weight is 228 g/mol. The Labute approximate surface area is 82.3 Å². The molecule has 1 heterocycles. The molecule has 1 nitrogen and oxygen atoms in total. The quantitative estimate of drug-likeness (QED) is 0.662. The number of nitrogens with zero attached hydrogens (tertiary/aromatic N) is 1. The SMILES string of the molecule is Cc1cncc(Br)c1C(C)(C)C. The molecule has 0 amide bonds. The minimum atomic E-state index is 0.186. The van der Waals surface area contributed by atoms with Crippen LogP contribution in [0.3, 0.4) is 0 Å². The lowest BCUT2D eigenvalue weighted by atomic mass is 9.85. The molecule has 0 aliphatic rings. The zero-order valence-corrected chi connectivity index (χ0v) is 9.57. The van der Waals surface area contributed by atoms with Gasteiger partial charge in [0.25, 0.3) is 0 Å². The molecule has 0 aliphatic carbocycles. The molecule has 0 unspecified atom stereocenters. The Kier molecular flexibility index (Phi) is 2.57. The largest absolute Gasteiger partial charge is 0.263 e. The number of hydrogen-bond donors (Lipinski definition) is 0. The van der Waals surface area contributed by atoms with Gasteiger partial charge in [-0.1, -0.05) is 20.8 Å². The fourth-order valence-corrected chi connectivity index (χ4v) is 2.51. The smallest absolute Gasteiger partial charge is 0.0413 e. The third kappa shape index (κ3) is 1.86. The van der Waals surface area contributed by atoms with Crippen molar-refractivity contribution in [1.29, 1.82) is 0 Å². The number of rotatable bonds is 0. The summed E-state index contributed by atoms with van der Waals surface area (Å²) in [7, 11) is 0. The van der Waals surface area contributed by atoms with Crippen molar-refractivity contribution in [3.8, 4) is 0 Å². The summed E-state index contributed by atoms with van der Waals surface area (Å²) in [5, 5.41) is 0. The summed E-state index contributed by atoms with van der Waals surface area (Å²) in [5.41, 5.74) is 2.78. The van der Waals surface area contributed by atoms with Crippen LogP contribution in [0.5, 0.6) is 0 Å². The van der Waals surface area contributed by atoms with Crippen LogP contribution in [0, 0.1) is 6.92 Å². The van der Waals surface area contributed by atoms with Gasteiger partial charge in [0.1, 0.15) is 0 Å². The maximum Gasteiger partial charge on any atom is 0.0413 e. The van der Waals surface area contributed by atoms with E-state index in [1.807, 2.05) is 12.4 Å². The van der Waals surface area contributed by atoms with Crippen LogP contribution in [-0.2, 0) is 5.41 Å². The molecule has 0 saturated carbocycles. The fraction of sp³-hybridized carbons (Fsp3) is 0.500. The van der Waals surface area contributed by atoms with Crippen molar-refractivity contribution in [2.75, 3.05) is 0 Å². The van der Waals surface area contributed by atoms with E-state index in [2.05, 4.69) is 48.6 Å². The van der Waals surface area contributed by atoms with E-state index in [1.54, 1.807) is 0 Å². The van der Waals surface area contributed by atoms with Gasteiger partial charge in [0.2, 0.25) is 0 Å². The van der Waals surface area contributed by atoms with Gasteiger partial charge in [0.15, 0.2) is 0 Å². The molecule has 0 atom stereocenters. The highest BCUT2D eigenvalue weighted by atomic mass is 79.9. The van der Waals surface area contributed by atoms with Gasteiger partial charge in [-0.2, -0.15) is 0 Å². The molecule has 12 heavy (non-hydrogen) atoms. The van der Waals surface area contributed by atoms with Gasteiger partial charge in [-0.3, -0.25) is 4.98 Å². The Morgan fingerprint density at radius 1 is 1.25 bits per heavy atom. The van der Waals surface area contributed by atoms with Crippen LogP contribution in [0.4, 0.5) is 0 Å². The predicted molar refractivity (Wildman–Crippen MR) is 55.4 cm³/mol. The van der Waals surface area contributed by atoms with E-state index in [0.717, 1.165) is 4.47 Å². The Morgan fingerprint density at radius 2 is 1.83 bits per heavy atom. The van der Waals surface area contributed by atoms with Gasteiger partial charge in [0, 0.05) is 16.9 Å². The Balaban J connectivity index is 3.31. The summed E-state index contributed by atoms with van der Waals surface area (Å²) >= 11 is 3.52. The highest BCUT2D eigenvalue weighted by molar-refractivity contribution is 9.10. The third-order valence-electron chi connectivity index (χ3n) is 1.84. The van der Waals surface area contributed by atoms with Crippen LogP contribution in [-0.4, -0.2) is 4.98 Å². The van der Waals surface area contributed by atoms with Crippen molar-refractivity contribution in [2.24, 2.45) is 0 Å². The minimum absolute atomic E-state index is 0.186. The molecule has 2 heteroatoms. The van der Waals surface area contributed by atoms with Gasteiger partial charge < -0.3 is 0 Å². The fourth-order valence-electron chi connectivity index (χ4n) is 1.48. The molecule has 1 aromatic heterocycles. The maximum atomic E-state index is 4.11. The topological polar surface area (TPSA) is 12.9 Å². The van der Waals surface area contributed by atoms with Crippen LogP contribution in [0.2, 0.25) is 0 Å². The summed E-state index contributed by atoms with van der Waals surface area (Å²) in [6, 6.07) is 0. The number of aryl methyl sites for hydroxylation is 1. The second-order valence-corrected chi connectivity index (χ2v) is 4.92. The number of halogens is 1. The monoisotopic (exact) mass is 227 g/mol. The van der Waals surface area contributed by atoms with E-state index in [-0.39, 0.29) is 5.41 Å². The molecule has 0 bridgehead atoms. The van der Waals surface area contributed by atoms with E-state index >= 15 is 0 Å². The number of hydrogen-bond acceptors (Lipinski definition) is 1. The molecule has 0 fully saturated rings. The van der Waals surface area contributed by atoms with Gasteiger partial charge in [-0.05, 0) is 39.4 Å². The summed E-state index contributed by atoms with van der Waals surface area (Å²) < 4.78 is 1.11. The van der Waals surface area contributed by atoms with Crippen molar-refractivity contribution < 1.29 is 0 Å². The van der Waals surface area contributed by atoms with Gasteiger partial charge in [-0.15, -0.1) is 0 Å². The zero-order chi connectivity index (χ0) is 9.35. The molecule has 0 aliphatic heterocycles. The summed E-state index contributed by atoms with van der Waals surface area (Å²) in [6.45, 7) is 8.72. The summed E-state index contributed by atoms with van der Waals surface area (Å²) in [6.07, 6.45) is 3.76. The van der Waals surface area contributed by atoms with Gasteiger partial charge in [0.05, 0.1) is 0 Å². The lowest BCUT2D eigenvalue weighted by Crippen LogP contribution is -2.14. The molecule has 0 saturated heterocycles. The Bertz CT molecular complexity index is 266. The van der Waals surface area contributed by atoms with Crippen LogP contribution in [0.25, 0.3) is 0 Å². The molecule has 0 spiro atoms. The zero-order valence-electron chi connectivity index (χ0n) is 7.98. The Morgan fingerprint density at radius 3 is 2.17 bits per heavy atom. The summed E-state index contributed by atoms with van der Waals surface area (Å²) in [4.78, 5) is 4.11. The van der Waals surface area contributed by atoms with Crippen molar-refractivity contribution in [3.63, 3.8) is 0 Å². The van der Waals surface area contributed by atoms with E-state index in [4.69, 9.17) is 0 Å². The molecule has 66 valence electrons. The van der Waals surface area contributed by atoms with E-state index < -0.39 is 0 Å². The standard InChI is InChI=1S/C10H14BrN/c1-7-5-12-6-8(11)9(7)10(2,3)4/h5-6H,1-4H3. The first-order valence-corrected chi connectivity index (χ1v) is 4.83. The van der Waals surface area contributed by atoms with E-state index in [1.165, 1.54) is 11.1 Å². The summed E-state index contributed by atoms with van der Waals surface area (Å²) in [5.74, 6) is 0. The Hall–Kier alpha value is -0.370. The van der Waals surface area contributed by atoms with Crippen molar-refractivity contribution in [3.05, 3.63) is 28.0 Å². The van der Waals surface area contributed by atoms with Gasteiger partial charge >= 0.3 is 0 Å². The first-order valence-electron chi connectivity index (χ1n) is 4.03. The van der Waals surface area contributed by atoms with E-state index in [9.17, 15) is 0 Å². The maximum absolute atomic E-state index is 4.11. The van der Waals surface area contributed by atoms with Crippen molar-refractivity contribution in [1.82, 2.24) is 4.98 Å². The second-order valence-electron chi connectivity index (χ2n) is 4.06. The number of aromatic nitrogens is 1. The van der Waals surface area contributed by atoms with Crippen molar-refractivity contribution >= 4 is 15.9 Å². The molecule has 0 radical (unpaired) electrons. The second kappa shape index (κ2) is 3.17. The van der Waals surface area contributed by atoms with Gasteiger partial charge in [-0.25, -0.2) is 0 Å². The average Bonchev–Trinajstić information content (AvgIpc) is 1.82. The lowest BCUT2D eigenvalue weighted by Gasteiger charge is -2.22. The van der Waals surface area contributed by atoms with Crippen LogP contribution >= 0.6 is 15.9 Å². The predicted octanol–water partition coefficient (Wildman–Crippen LogP) is 3.45. The highest BCUT2D eigenvalue weighted by Gasteiger charge is 2.18. The molecule has 0 aromatic carbocycles. The van der Waals surface area contributed by atoms with Crippen LogP contribution in [0.1, 0.15) is 31.9 Å². The molecular formula is C10H14BrN. The first-order chi connectivity index (χ1) is 5.43. The molecule has 1 aromatic rings. The lowest BCUT2D eigenvalue weighted by molar-refractivity contribution is 0.581. The van der Waals surface area contributed by atoms with Crippen LogP contribution in [0.15, 0.2) is 16.9 Å². The highest BCUT2D eigenvalue weighted by Crippen LogP contribution is 2.31. The molecule has 0 N–H and O–H groups in total. The molecular weight excluding hydrogens is 214 g/mol. The van der Waals surface area contributed by atoms with Crippen LogP contribution < -0.4 is 0 Å². The first kappa shape index (κ1) is 9.72. The van der Waals surface area contributed by atoms with E-state index in [0.29, 0.717) is 0 Å². The third-order valence-corrected chi connectivity index (χ3v) is 2.44. The molecule has 1 rings (SSSR count). The normalized spacial score (nSPS) is 11.8. The minimum Gasteiger partial charge on any atom is -0.263 e. The van der Waals surface area contributed by atoms with Crippen molar-refractivity contribution in [2.45, 2.75) is 33.1 Å².